The molecule has 0 unspecified atom stereocenters. The number of hydrogen-bond acceptors (Lipinski definition) is 4. The molecule has 1 amide bonds. The fourth-order valence-electron chi connectivity index (χ4n) is 5.30. The summed E-state index contributed by atoms with van der Waals surface area (Å²) < 4.78 is 5.64. The monoisotopic (exact) mass is 411 g/mol. The van der Waals surface area contributed by atoms with E-state index in [4.69, 9.17) is 4.74 Å². The number of carbonyl (C=O) groups is 3. The Balaban J connectivity index is 1.68. The SMILES string of the molecule is CC[C@]1(C(=O)c2ccccc2)[C@H]2c3ccccc3OC(=O)[C@@]21C(=O)Nc1ccccc1. The quantitative estimate of drug-likeness (QED) is 0.288. The molecule has 1 fully saturated rings. The molecule has 5 nitrogen and oxygen atoms in total. The summed E-state index contributed by atoms with van der Waals surface area (Å²) >= 11 is 0. The second-order valence-corrected chi connectivity index (χ2v) is 8.01. The predicted molar refractivity (Wildman–Crippen MR) is 116 cm³/mol. The van der Waals surface area contributed by atoms with Crippen LogP contribution >= 0.6 is 0 Å². The second kappa shape index (κ2) is 6.91. The van der Waals surface area contributed by atoms with Crippen LogP contribution < -0.4 is 10.1 Å². The van der Waals surface area contributed by atoms with Crippen LogP contribution in [0.1, 0.15) is 35.2 Å². The molecule has 1 aliphatic heterocycles. The van der Waals surface area contributed by atoms with Crippen LogP contribution in [-0.2, 0) is 9.59 Å². The molecule has 5 heteroatoms. The van der Waals surface area contributed by atoms with Gasteiger partial charge >= 0.3 is 5.97 Å². The zero-order chi connectivity index (χ0) is 21.6. The van der Waals surface area contributed by atoms with Gasteiger partial charge < -0.3 is 10.1 Å². The van der Waals surface area contributed by atoms with Crippen LogP contribution in [0.3, 0.4) is 0 Å². The molecule has 0 radical (unpaired) electrons. The summed E-state index contributed by atoms with van der Waals surface area (Å²) in [5.41, 5.74) is -1.06. The number of rotatable bonds is 5. The van der Waals surface area contributed by atoms with Crippen molar-refractivity contribution in [3.8, 4) is 5.75 Å². The Kier molecular flexibility index (Phi) is 4.29. The summed E-state index contributed by atoms with van der Waals surface area (Å²) in [6.07, 6.45) is 0.330. The Morgan fingerprint density at radius 3 is 2.19 bits per heavy atom. The molecule has 1 heterocycles. The van der Waals surface area contributed by atoms with Crippen LogP contribution in [0.25, 0.3) is 0 Å². The van der Waals surface area contributed by atoms with Crippen molar-refractivity contribution < 1.29 is 19.1 Å². The fraction of sp³-hybridized carbons (Fsp3) is 0.192. The first-order valence-electron chi connectivity index (χ1n) is 10.3. The first-order chi connectivity index (χ1) is 15.1. The largest absolute Gasteiger partial charge is 0.425 e. The Morgan fingerprint density at radius 2 is 1.52 bits per heavy atom. The van der Waals surface area contributed by atoms with E-state index in [1.807, 2.05) is 31.2 Å². The Morgan fingerprint density at radius 1 is 0.903 bits per heavy atom. The summed E-state index contributed by atoms with van der Waals surface area (Å²) in [5, 5.41) is 2.86. The second-order valence-electron chi connectivity index (χ2n) is 8.01. The number of fused-ring (bicyclic) bond motifs is 3. The zero-order valence-electron chi connectivity index (χ0n) is 17.0. The lowest BCUT2D eigenvalue weighted by molar-refractivity contribution is -0.147. The molecular weight excluding hydrogens is 390 g/mol. The molecule has 5 rings (SSSR count). The Hall–Kier alpha value is -3.73. The van der Waals surface area contributed by atoms with Crippen LogP contribution in [0.2, 0.25) is 0 Å². The third kappa shape index (κ3) is 2.46. The summed E-state index contributed by atoms with van der Waals surface area (Å²) in [5.74, 6) is -1.56. The smallest absolute Gasteiger partial charge is 0.328 e. The van der Waals surface area contributed by atoms with Crippen molar-refractivity contribution in [3.05, 3.63) is 96.1 Å². The Labute approximate surface area is 180 Å². The van der Waals surface area contributed by atoms with Gasteiger partial charge in [-0.3, -0.25) is 14.4 Å². The van der Waals surface area contributed by atoms with E-state index in [2.05, 4.69) is 5.32 Å². The summed E-state index contributed by atoms with van der Waals surface area (Å²) in [4.78, 5) is 41.0. The minimum absolute atomic E-state index is 0.211. The van der Waals surface area contributed by atoms with Crippen molar-refractivity contribution in [2.75, 3.05) is 5.32 Å². The van der Waals surface area contributed by atoms with E-state index in [-0.39, 0.29) is 5.78 Å². The van der Waals surface area contributed by atoms with Crippen LogP contribution in [0.5, 0.6) is 5.75 Å². The van der Waals surface area contributed by atoms with E-state index in [9.17, 15) is 14.4 Å². The highest BCUT2D eigenvalue weighted by molar-refractivity contribution is 6.23. The number of esters is 1. The minimum atomic E-state index is -1.61. The van der Waals surface area contributed by atoms with E-state index in [1.165, 1.54) is 0 Å². The fourth-order valence-corrected chi connectivity index (χ4v) is 5.30. The third-order valence-electron chi connectivity index (χ3n) is 6.69. The highest BCUT2D eigenvalue weighted by Crippen LogP contribution is 2.80. The van der Waals surface area contributed by atoms with Crippen LogP contribution in [0.4, 0.5) is 5.69 Å². The van der Waals surface area contributed by atoms with E-state index in [1.54, 1.807) is 60.7 Å². The number of benzene rings is 3. The predicted octanol–water partition coefficient (Wildman–Crippen LogP) is 4.61. The van der Waals surface area contributed by atoms with Crippen molar-refractivity contribution >= 4 is 23.3 Å². The molecule has 0 saturated heterocycles. The summed E-state index contributed by atoms with van der Waals surface area (Å²) in [7, 11) is 0. The maximum Gasteiger partial charge on any atom is 0.328 e. The molecule has 2 aliphatic rings. The molecule has 3 aromatic carbocycles. The number of carbonyl (C=O) groups excluding carboxylic acids is 3. The number of Topliss-reactive ketones (excluding diaryl/α,β-unsaturated/α-hetero) is 1. The third-order valence-corrected chi connectivity index (χ3v) is 6.69. The van der Waals surface area contributed by atoms with Crippen LogP contribution in [-0.4, -0.2) is 17.7 Å². The molecule has 3 aromatic rings. The maximum absolute atomic E-state index is 13.9. The Bertz CT molecular complexity index is 1190. The van der Waals surface area contributed by atoms with E-state index < -0.39 is 28.6 Å². The highest BCUT2D eigenvalue weighted by Gasteiger charge is 2.89. The summed E-state index contributed by atoms with van der Waals surface area (Å²) in [6, 6.07) is 25.0. The van der Waals surface area contributed by atoms with Gasteiger partial charge in [-0.1, -0.05) is 73.7 Å². The summed E-state index contributed by atoms with van der Waals surface area (Å²) in [6.45, 7) is 1.85. The van der Waals surface area contributed by atoms with Crippen molar-refractivity contribution in [3.63, 3.8) is 0 Å². The highest BCUT2D eigenvalue weighted by atomic mass is 16.5. The van der Waals surface area contributed by atoms with Crippen molar-refractivity contribution in [1.82, 2.24) is 0 Å². The number of ether oxygens (including phenoxy) is 1. The number of para-hydroxylation sites is 2. The lowest BCUT2D eigenvalue weighted by Gasteiger charge is -2.23. The van der Waals surface area contributed by atoms with Gasteiger partial charge in [0.25, 0.3) is 0 Å². The van der Waals surface area contributed by atoms with Crippen LogP contribution in [0.15, 0.2) is 84.9 Å². The van der Waals surface area contributed by atoms with E-state index >= 15 is 0 Å². The van der Waals surface area contributed by atoms with Gasteiger partial charge in [-0.25, -0.2) is 0 Å². The number of ketones is 1. The van der Waals surface area contributed by atoms with Gasteiger partial charge in [-0.05, 0) is 24.6 Å². The van der Waals surface area contributed by atoms with Gasteiger partial charge in [0.2, 0.25) is 5.91 Å². The average Bonchev–Trinajstić information content (AvgIpc) is 3.47. The first kappa shape index (κ1) is 19.2. The number of anilines is 1. The van der Waals surface area contributed by atoms with Crippen molar-refractivity contribution in [2.24, 2.45) is 10.8 Å². The molecule has 1 aliphatic carbocycles. The zero-order valence-corrected chi connectivity index (χ0v) is 17.0. The van der Waals surface area contributed by atoms with Gasteiger partial charge in [0.05, 0.1) is 5.41 Å². The van der Waals surface area contributed by atoms with Gasteiger partial charge in [-0.15, -0.1) is 0 Å². The maximum atomic E-state index is 13.9. The minimum Gasteiger partial charge on any atom is -0.425 e. The average molecular weight is 411 g/mol. The first-order valence-corrected chi connectivity index (χ1v) is 10.3. The molecule has 1 N–H and O–H groups in total. The topological polar surface area (TPSA) is 72.5 Å². The molecule has 31 heavy (non-hydrogen) atoms. The van der Waals surface area contributed by atoms with Gasteiger partial charge in [0.1, 0.15) is 5.75 Å². The number of hydrogen-bond donors (Lipinski definition) is 1. The lowest BCUT2D eigenvalue weighted by Crippen LogP contribution is -2.42. The molecule has 1 saturated carbocycles. The number of nitrogens with one attached hydrogen (secondary N) is 1. The molecule has 0 spiro atoms. The van der Waals surface area contributed by atoms with Gasteiger partial charge in [-0.2, -0.15) is 0 Å². The molecule has 154 valence electrons. The van der Waals surface area contributed by atoms with Gasteiger partial charge in [0, 0.05) is 22.7 Å². The molecular formula is C26H21NO4. The van der Waals surface area contributed by atoms with Gasteiger partial charge in [0.15, 0.2) is 11.2 Å². The normalized spacial score (nSPS) is 25.6. The molecule has 0 aromatic heterocycles. The standard InChI is InChI=1S/C26H21NO4/c1-2-25(22(28)17-11-5-3-6-12-17)21-19-15-9-10-16-20(19)31-24(30)26(21,25)23(29)27-18-13-7-4-8-14-18/h3-16,21H,2H2,1H3,(H,27,29)/t21-,25-,26+/m1/s1. The van der Waals surface area contributed by atoms with E-state index in [0.717, 1.165) is 5.56 Å². The van der Waals surface area contributed by atoms with Crippen molar-refractivity contribution in [1.29, 1.82) is 0 Å². The van der Waals surface area contributed by atoms with E-state index in [0.29, 0.717) is 23.4 Å². The van der Waals surface area contributed by atoms with Crippen LogP contribution in [0, 0.1) is 10.8 Å². The molecule has 3 atom stereocenters. The molecule has 0 bridgehead atoms. The lowest BCUT2D eigenvalue weighted by atomic mass is 9.82. The number of amides is 1. The van der Waals surface area contributed by atoms with Crippen molar-refractivity contribution in [2.45, 2.75) is 19.3 Å².